The highest BCUT2D eigenvalue weighted by Gasteiger charge is 2.47. The molecule has 2 aliphatic rings. The van der Waals surface area contributed by atoms with Crippen molar-refractivity contribution in [2.45, 2.75) is 52.1 Å². The summed E-state index contributed by atoms with van der Waals surface area (Å²) in [5.74, 6) is 0.0285. The van der Waals surface area contributed by atoms with Gasteiger partial charge in [0.25, 0.3) is 0 Å². The van der Waals surface area contributed by atoms with Crippen LogP contribution < -0.4 is 14.2 Å². The molecule has 1 saturated carbocycles. The van der Waals surface area contributed by atoms with Gasteiger partial charge in [-0.1, -0.05) is 24.6 Å². The van der Waals surface area contributed by atoms with E-state index in [1.807, 2.05) is 6.07 Å². The van der Waals surface area contributed by atoms with Crippen molar-refractivity contribution in [2.24, 2.45) is 5.41 Å². The van der Waals surface area contributed by atoms with Gasteiger partial charge in [0.05, 0.1) is 24.4 Å². The maximum Gasteiger partial charge on any atom is 0.315 e. The summed E-state index contributed by atoms with van der Waals surface area (Å²) in [6, 6.07) is 8.84. The summed E-state index contributed by atoms with van der Waals surface area (Å²) in [7, 11) is -1.35. The molecule has 4 rings (SSSR count). The molecule has 0 atom stereocenters. The van der Waals surface area contributed by atoms with Gasteiger partial charge in [-0.3, -0.25) is 9.59 Å². The molecule has 0 N–H and O–H groups in total. The Bertz CT molecular complexity index is 1130. The lowest BCUT2D eigenvalue weighted by Gasteiger charge is -2.39. The Morgan fingerprint density at radius 2 is 1.84 bits per heavy atom. The highest BCUT2D eigenvalue weighted by atomic mass is 16.6. The largest absolute Gasteiger partial charge is 0.493 e. The SMILES string of the molecule is [2H]C([2H])([2H])Oc1c(OC)ccc(-c2cccc3c2CCC3=O)c1OCC1(C(=O)OC(C)C)CCC1. The minimum Gasteiger partial charge on any atom is -0.493 e. The van der Waals surface area contributed by atoms with Gasteiger partial charge < -0.3 is 18.9 Å². The van der Waals surface area contributed by atoms with Crippen LogP contribution in [0.15, 0.2) is 30.3 Å². The van der Waals surface area contributed by atoms with Gasteiger partial charge in [-0.15, -0.1) is 0 Å². The monoisotopic (exact) mass is 441 g/mol. The second-order valence-electron chi connectivity index (χ2n) is 8.71. The number of benzene rings is 2. The van der Waals surface area contributed by atoms with Crippen LogP contribution in [0, 0.1) is 5.41 Å². The van der Waals surface area contributed by atoms with Gasteiger partial charge >= 0.3 is 5.97 Å². The molecule has 0 amide bonds. The van der Waals surface area contributed by atoms with Crippen molar-refractivity contribution >= 4 is 11.8 Å². The first-order valence-corrected chi connectivity index (χ1v) is 10.9. The van der Waals surface area contributed by atoms with E-state index in [-0.39, 0.29) is 41.7 Å². The molecule has 0 heterocycles. The topological polar surface area (TPSA) is 71.1 Å². The van der Waals surface area contributed by atoms with Gasteiger partial charge in [0.15, 0.2) is 17.3 Å². The molecule has 170 valence electrons. The van der Waals surface area contributed by atoms with Gasteiger partial charge in [-0.05, 0) is 56.4 Å². The third kappa shape index (κ3) is 3.83. The number of hydrogen-bond acceptors (Lipinski definition) is 6. The smallest absolute Gasteiger partial charge is 0.315 e. The number of esters is 1. The number of ketones is 1. The lowest BCUT2D eigenvalue weighted by atomic mass is 9.69. The van der Waals surface area contributed by atoms with Gasteiger partial charge in [0.2, 0.25) is 5.75 Å². The number of carbonyl (C=O) groups excluding carboxylic acids is 2. The van der Waals surface area contributed by atoms with Crippen molar-refractivity contribution in [3.05, 3.63) is 41.5 Å². The summed E-state index contributed by atoms with van der Waals surface area (Å²) in [4.78, 5) is 25.2. The maximum absolute atomic E-state index is 12.9. The Morgan fingerprint density at radius 1 is 1.06 bits per heavy atom. The van der Waals surface area contributed by atoms with E-state index in [4.69, 9.17) is 23.1 Å². The molecule has 0 unspecified atom stereocenters. The molecular formula is C26H30O6. The molecule has 32 heavy (non-hydrogen) atoms. The Morgan fingerprint density at radius 3 is 2.50 bits per heavy atom. The quantitative estimate of drug-likeness (QED) is 0.537. The molecule has 1 fully saturated rings. The van der Waals surface area contributed by atoms with Crippen molar-refractivity contribution in [1.82, 2.24) is 0 Å². The molecule has 0 aromatic heterocycles. The van der Waals surface area contributed by atoms with E-state index in [0.717, 1.165) is 17.5 Å². The zero-order chi connectivity index (χ0) is 25.4. The summed E-state index contributed by atoms with van der Waals surface area (Å²) < 4.78 is 45.6. The first-order valence-electron chi connectivity index (χ1n) is 12.4. The Balaban J connectivity index is 1.81. The van der Waals surface area contributed by atoms with Crippen LogP contribution in [0.5, 0.6) is 17.2 Å². The Hall–Kier alpha value is -3.02. The van der Waals surface area contributed by atoms with Crippen LogP contribution in [-0.4, -0.2) is 38.6 Å². The van der Waals surface area contributed by atoms with E-state index in [9.17, 15) is 9.59 Å². The molecule has 0 aliphatic heterocycles. The number of methoxy groups -OCH3 is 2. The van der Waals surface area contributed by atoms with Crippen LogP contribution >= 0.6 is 0 Å². The van der Waals surface area contributed by atoms with E-state index in [1.165, 1.54) is 7.11 Å². The number of ether oxygens (including phenoxy) is 4. The van der Waals surface area contributed by atoms with Crippen molar-refractivity contribution in [3.63, 3.8) is 0 Å². The average molecular weight is 442 g/mol. The van der Waals surface area contributed by atoms with Crippen molar-refractivity contribution in [3.8, 4) is 28.4 Å². The lowest BCUT2D eigenvalue weighted by molar-refractivity contribution is -0.168. The lowest BCUT2D eigenvalue weighted by Crippen LogP contribution is -2.45. The first kappa shape index (κ1) is 18.5. The molecule has 2 aromatic rings. The van der Waals surface area contributed by atoms with Gasteiger partial charge in [-0.2, -0.15) is 0 Å². The highest BCUT2D eigenvalue weighted by molar-refractivity contribution is 6.02. The maximum atomic E-state index is 12.9. The molecule has 6 nitrogen and oxygen atoms in total. The number of carbonyl (C=O) groups is 2. The molecule has 0 saturated heterocycles. The molecular weight excluding hydrogens is 408 g/mol. The van der Waals surface area contributed by atoms with Crippen LogP contribution in [0.2, 0.25) is 0 Å². The van der Waals surface area contributed by atoms with E-state index < -0.39 is 12.5 Å². The summed E-state index contributed by atoms with van der Waals surface area (Å²) in [5, 5.41) is 0. The van der Waals surface area contributed by atoms with E-state index in [1.54, 1.807) is 38.1 Å². The van der Waals surface area contributed by atoms with Gasteiger partial charge in [0, 0.05) is 17.5 Å². The third-order valence-electron chi connectivity index (χ3n) is 6.35. The minimum absolute atomic E-state index is 0.00400. The zero-order valence-corrected chi connectivity index (χ0v) is 18.7. The zero-order valence-electron chi connectivity index (χ0n) is 21.7. The first-order chi connectivity index (χ1) is 16.5. The molecule has 6 heteroatoms. The average Bonchev–Trinajstić information content (AvgIpc) is 3.13. The van der Waals surface area contributed by atoms with Crippen molar-refractivity contribution < 1.29 is 32.6 Å². The molecule has 2 aromatic carbocycles. The molecule has 0 bridgehead atoms. The Kier molecular flexibility index (Phi) is 5.13. The van der Waals surface area contributed by atoms with Crippen molar-refractivity contribution in [1.29, 1.82) is 0 Å². The molecule has 0 spiro atoms. The standard InChI is InChI=1S/C26H30O6/c1-16(2)32-25(28)26(13-6-14-26)15-31-23-20(10-12-22(29-3)24(23)30-4)17-7-5-8-19-18(17)9-11-21(19)27/h5,7-8,10,12,16H,6,9,11,13-15H2,1-4H3/i4D3. The van der Waals surface area contributed by atoms with Crippen LogP contribution in [0.3, 0.4) is 0 Å². The van der Waals surface area contributed by atoms with Gasteiger partial charge in [-0.25, -0.2) is 0 Å². The van der Waals surface area contributed by atoms with Crippen LogP contribution in [0.1, 0.15) is 59.6 Å². The summed E-state index contributed by atoms with van der Waals surface area (Å²) in [5.41, 5.74) is 2.05. The second kappa shape index (κ2) is 8.85. The predicted molar refractivity (Wildman–Crippen MR) is 121 cm³/mol. The fourth-order valence-electron chi connectivity index (χ4n) is 4.46. The van der Waals surface area contributed by atoms with Crippen molar-refractivity contribution in [2.75, 3.05) is 20.8 Å². The van der Waals surface area contributed by atoms with E-state index in [0.29, 0.717) is 36.8 Å². The molecule has 2 aliphatic carbocycles. The Labute approximate surface area is 193 Å². The van der Waals surface area contributed by atoms with E-state index in [2.05, 4.69) is 0 Å². The summed E-state index contributed by atoms with van der Waals surface area (Å²) >= 11 is 0. The summed E-state index contributed by atoms with van der Waals surface area (Å²) in [6.45, 7) is 3.60. The number of hydrogen-bond donors (Lipinski definition) is 0. The van der Waals surface area contributed by atoms with Crippen LogP contribution in [0.25, 0.3) is 11.1 Å². The third-order valence-corrected chi connectivity index (χ3v) is 6.35. The highest BCUT2D eigenvalue weighted by Crippen LogP contribution is 2.49. The fraction of sp³-hybridized carbons (Fsp3) is 0.462. The normalized spacial score (nSPS) is 18.1. The molecule has 0 radical (unpaired) electrons. The van der Waals surface area contributed by atoms with Crippen LogP contribution in [-0.2, 0) is 16.0 Å². The van der Waals surface area contributed by atoms with Gasteiger partial charge in [0.1, 0.15) is 12.0 Å². The van der Waals surface area contributed by atoms with Crippen LogP contribution in [0.4, 0.5) is 0 Å². The van der Waals surface area contributed by atoms with E-state index >= 15 is 0 Å². The summed E-state index contributed by atoms with van der Waals surface area (Å²) in [6.07, 6.45) is 2.84. The number of Topliss-reactive ketones (excluding diaryl/α,β-unsaturated/α-hetero) is 1. The fourth-order valence-corrected chi connectivity index (χ4v) is 4.46. The number of fused-ring (bicyclic) bond motifs is 1. The number of rotatable bonds is 8. The second-order valence-corrected chi connectivity index (χ2v) is 8.71. The minimum atomic E-state index is -2.76. The predicted octanol–water partition coefficient (Wildman–Crippen LogP) is 5.00.